The molecule has 0 saturated carbocycles. The summed E-state index contributed by atoms with van der Waals surface area (Å²) in [5.41, 5.74) is 4.33. The monoisotopic (exact) mass is 284 g/mol. The Balaban J connectivity index is 1.95. The fraction of sp³-hybridized carbons (Fsp3) is 0.353. The third-order valence-corrected chi connectivity index (χ3v) is 3.90. The molecule has 1 aliphatic rings. The average Bonchev–Trinajstić information content (AvgIpc) is 3.04. The van der Waals surface area contributed by atoms with E-state index >= 15 is 0 Å². The van der Waals surface area contributed by atoms with E-state index in [1.807, 2.05) is 19.1 Å². The van der Waals surface area contributed by atoms with Crippen LogP contribution in [0.1, 0.15) is 41.8 Å². The summed E-state index contributed by atoms with van der Waals surface area (Å²) in [6.07, 6.45) is 3.26. The van der Waals surface area contributed by atoms with Crippen molar-refractivity contribution in [3.8, 4) is 0 Å². The fourth-order valence-corrected chi connectivity index (χ4v) is 2.82. The van der Waals surface area contributed by atoms with E-state index in [4.69, 9.17) is 4.42 Å². The molecule has 21 heavy (non-hydrogen) atoms. The van der Waals surface area contributed by atoms with Crippen molar-refractivity contribution in [2.24, 2.45) is 0 Å². The molecule has 0 bridgehead atoms. The Morgan fingerprint density at radius 2 is 2.24 bits per heavy atom. The number of rotatable bonds is 5. The third-order valence-electron chi connectivity index (χ3n) is 3.90. The van der Waals surface area contributed by atoms with E-state index in [1.165, 1.54) is 5.56 Å². The number of hydrogen-bond acceptors (Lipinski definition) is 3. The first-order valence-corrected chi connectivity index (χ1v) is 7.39. The van der Waals surface area contributed by atoms with Gasteiger partial charge in [0.15, 0.2) is 0 Å². The summed E-state index contributed by atoms with van der Waals surface area (Å²) >= 11 is 0. The molecular formula is C17H20N2O2. The molecule has 0 saturated heterocycles. The van der Waals surface area contributed by atoms with E-state index in [-0.39, 0.29) is 11.9 Å². The van der Waals surface area contributed by atoms with Crippen LogP contribution in [0.5, 0.6) is 0 Å². The zero-order valence-corrected chi connectivity index (χ0v) is 12.4. The molecule has 2 aromatic rings. The highest BCUT2D eigenvalue weighted by Gasteiger charge is 2.22. The molecule has 0 aliphatic carbocycles. The van der Waals surface area contributed by atoms with Crippen LogP contribution in [0.25, 0.3) is 0 Å². The Bertz CT molecular complexity index is 661. The number of fused-ring (bicyclic) bond motifs is 1. The molecule has 2 N–H and O–H groups in total. The van der Waals surface area contributed by atoms with Crippen LogP contribution >= 0.6 is 0 Å². The summed E-state index contributed by atoms with van der Waals surface area (Å²) in [5.74, 6) is 0.998. The molecule has 3 rings (SSSR count). The lowest BCUT2D eigenvalue weighted by molar-refractivity contribution is -0.115. The van der Waals surface area contributed by atoms with Crippen molar-refractivity contribution in [1.29, 1.82) is 0 Å². The highest BCUT2D eigenvalue weighted by Crippen LogP contribution is 2.31. The minimum Gasteiger partial charge on any atom is -0.469 e. The summed E-state index contributed by atoms with van der Waals surface area (Å²) in [4.78, 5) is 11.5. The molecule has 0 radical (unpaired) electrons. The highest BCUT2D eigenvalue weighted by atomic mass is 16.3. The van der Waals surface area contributed by atoms with E-state index in [9.17, 15) is 4.79 Å². The van der Waals surface area contributed by atoms with E-state index in [2.05, 4.69) is 29.7 Å². The fourth-order valence-electron chi connectivity index (χ4n) is 2.82. The Morgan fingerprint density at radius 1 is 1.38 bits per heavy atom. The normalized spacial score (nSPS) is 14.9. The molecule has 1 aromatic carbocycles. The minimum absolute atomic E-state index is 0.0692. The number of hydrogen-bond donors (Lipinski definition) is 2. The Labute approximate surface area is 124 Å². The van der Waals surface area contributed by atoms with Gasteiger partial charge in [-0.3, -0.25) is 4.79 Å². The smallest absolute Gasteiger partial charge is 0.228 e. The van der Waals surface area contributed by atoms with Gasteiger partial charge in [-0.05, 0) is 43.1 Å². The quantitative estimate of drug-likeness (QED) is 0.886. The first-order valence-electron chi connectivity index (χ1n) is 7.39. The van der Waals surface area contributed by atoms with Crippen LogP contribution in [0.2, 0.25) is 0 Å². The van der Waals surface area contributed by atoms with Gasteiger partial charge in [-0.1, -0.05) is 19.1 Å². The van der Waals surface area contributed by atoms with Crippen molar-refractivity contribution in [3.05, 3.63) is 53.0 Å². The Hall–Kier alpha value is -2.07. The Morgan fingerprint density at radius 3 is 2.95 bits per heavy atom. The van der Waals surface area contributed by atoms with Gasteiger partial charge in [0, 0.05) is 11.3 Å². The third kappa shape index (κ3) is 2.72. The molecule has 0 spiro atoms. The number of aryl methyl sites for hydroxylation is 1. The predicted molar refractivity (Wildman–Crippen MR) is 82.4 cm³/mol. The van der Waals surface area contributed by atoms with Crippen molar-refractivity contribution in [2.75, 3.05) is 11.9 Å². The minimum atomic E-state index is 0.0692. The molecule has 4 heteroatoms. The van der Waals surface area contributed by atoms with Gasteiger partial charge in [-0.15, -0.1) is 0 Å². The average molecular weight is 284 g/mol. The summed E-state index contributed by atoms with van der Waals surface area (Å²) in [7, 11) is 0. The van der Waals surface area contributed by atoms with Crippen LogP contribution in [0.3, 0.4) is 0 Å². The van der Waals surface area contributed by atoms with Gasteiger partial charge < -0.3 is 15.1 Å². The topological polar surface area (TPSA) is 54.3 Å². The van der Waals surface area contributed by atoms with Crippen LogP contribution in [0.4, 0.5) is 5.69 Å². The lowest BCUT2D eigenvalue weighted by Crippen LogP contribution is -2.23. The van der Waals surface area contributed by atoms with Crippen molar-refractivity contribution in [3.63, 3.8) is 0 Å². The van der Waals surface area contributed by atoms with Crippen molar-refractivity contribution < 1.29 is 9.21 Å². The van der Waals surface area contributed by atoms with Crippen molar-refractivity contribution >= 4 is 11.6 Å². The molecule has 1 amide bonds. The molecular weight excluding hydrogens is 264 g/mol. The van der Waals surface area contributed by atoms with Crippen molar-refractivity contribution in [1.82, 2.24) is 5.32 Å². The second-order valence-electron chi connectivity index (χ2n) is 5.46. The lowest BCUT2D eigenvalue weighted by atomic mass is 9.96. The Kier molecular flexibility index (Phi) is 3.80. The largest absolute Gasteiger partial charge is 0.469 e. The molecule has 1 aromatic heterocycles. The number of furan rings is 1. The van der Waals surface area contributed by atoms with Crippen LogP contribution in [-0.4, -0.2) is 12.5 Å². The standard InChI is InChI=1S/C17H20N2O2/c1-3-7-18-17(14-6-8-21-11(14)2)12-4-5-15-13(9-12)10-16(20)19-15/h4-6,8-9,17-18H,3,7,10H2,1-2H3,(H,19,20). The molecule has 1 aliphatic heterocycles. The zero-order valence-electron chi connectivity index (χ0n) is 12.4. The predicted octanol–water partition coefficient (Wildman–Crippen LogP) is 3.17. The zero-order chi connectivity index (χ0) is 14.8. The van der Waals surface area contributed by atoms with Crippen molar-refractivity contribution in [2.45, 2.75) is 32.7 Å². The van der Waals surface area contributed by atoms with Gasteiger partial charge >= 0.3 is 0 Å². The van der Waals surface area contributed by atoms with Gasteiger partial charge in [0.2, 0.25) is 5.91 Å². The second kappa shape index (κ2) is 5.74. The maximum Gasteiger partial charge on any atom is 0.228 e. The van der Waals surface area contributed by atoms with Gasteiger partial charge in [-0.2, -0.15) is 0 Å². The number of carbonyl (C=O) groups excluding carboxylic acids is 1. The first-order chi connectivity index (χ1) is 10.2. The maximum absolute atomic E-state index is 11.5. The van der Waals surface area contributed by atoms with Gasteiger partial charge in [0.1, 0.15) is 5.76 Å². The number of nitrogens with one attached hydrogen (secondary N) is 2. The molecule has 1 atom stereocenters. The number of carbonyl (C=O) groups is 1. The summed E-state index contributed by atoms with van der Waals surface area (Å²) in [5, 5.41) is 6.44. The summed E-state index contributed by atoms with van der Waals surface area (Å²) in [6, 6.07) is 8.30. The van der Waals surface area contributed by atoms with E-state index < -0.39 is 0 Å². The molecule has 1 unspecified atom stereocenters. The van der Waals surface area contributed by atoms with E-state index in [1.54, 1.807) is 6.26 Å². The molecule has 110 valence electrons. The van der Waals surface area contributed by atoms with Crippen LogP contribution in [0.15, 0.2) is 34.9 Å². The second-order valence-corrected chi connectivity index (χ2v) is 5.46. The van der Waals surface area contributed by atoms with Gasteiger partial charge in [-0.25, -0.2) is 0 Å². The number of benzene rings is 1. The van der Waals surface area contributed by atoms with Gasteiger partial charge in [0.05, 0.1) is 18.7 Å². The van der Waals surface area contributed by atoms with Crippen LogP contribution < -0.4 is 10.6 Å². The van der Waals surface area contributed by atoms with E-state index in [0.29, 0.717) is 6.42 Å². The first kappa shape index (κ1) is 13.9. The number of anilines is 1. The lowest BCUT2D eigenvalue weighted by Gasteiger charge is -2.19. The molecule has 2 heterocycles. The molecule has 4 nitrogen and oxygen atoms in total. The van der Waals surface area contributed by atoms with Gasteiger partial charge in [0.25, 0.3) is 0 Å². The summed E-state index contributed by atoms with van der Waals surface area (Å²) in [6.45, 7) is 5.07. The number of amides is 1. The maximum atomic E-state index is 11.5. The van der Waals surface area contributed by atoms with Crippen LogP contribution in [-0.2, 0) is 11.2 Å². The SMILES string of the molecule is CCCNC(c1ccc2c(c1)CC(=O)N2)c1ccoc1C. The molecule has 0 fully saturated rings. The van der Waals surface area contributed by atoms with Crippen LogP contribution in [0, 0.1) is 6.92 Å². The van der Waals surface area contributed by atoms with E-state index in [0.717, 1.165) is 35.5 Å². The highest BCUT2D eigenvalue weighted by molar-refractivity contribution is 5.99. The summed E-state index contributed by atoms with van der Waals surface area (Å²) < 4.78 is 5.45.